The minimum Gasteiger partial charge on any atom is -0.404 e. The number of hydrogen-bond acceptors (Lipinski definition) is 5. The maximum absolute atomic E-state index is 5.95. The van der Waals surface area contributed by atoms with Crippen LogP contribution in [0.5, 0.6) is 0 Å². The third kappa shape index (κ3) is 7.71. The zero-order valence-electron chi connectivity index (χ0n) is 13.1. The average Bonchev–Trinajstić information content (AvgIpc) is 2.56. The van der Waals surface area contributed by atoms with E-state index >= 15 is 0 Å². The zero-order chi connectivity index (χ0) is 16.0. The topological polar surface area (TPSA) is 99.3 Å². The predicted molar refractivity (Wildman–Crippen MR) is 92.6 cm³/mol. The Hall–Kier alpha value is -1.98. The second kappa shape index (κ2) is 11.7. The Morgan fingerprint density at radius 3 is 2.55 bits per heavy atom. The van der Waals surface area contributed by atoms with Crippen molar-refractivity contribution in [1.29, 1.82) is 0 Å². The first-order valence-corrected chi connectivity index (χ1v) is 7.74. The number of benzene rings is 1. The Morgan fingerprint density at radius 1 is 1.09 bits per heavy atom. The van der Waals surface area contributed by atoms with Gasteiger partial charge in [-0.1, -0.05) is 30.3 Å². The summed E-state index contributed by atoms with van der Waals surface area (Å²) in [5.74, 6) is 0.576. The van der Waals surface area contributed by atoms with Crippen LogP contribution in [0.1, 0.15) is 24.8 Å². The summed E-state index contributed by atoms with van der Waals surface area (Å²) in [4.78, 5) is 0. The van der Waals surface area contributed by atoms with Gasteiger partial charge >= 0.3 is 0 Å². The van der Waals surface area contributed by atoms with E-state index in [0.717, 1.165) is 43.6 Å². The van der Waals surface area contributed by atoms with Crippen molar-refractivity contribution in [1.82, 2.24) is 5.32 Å². The lowest BCUT2D eigenvalue weighted by molar-refractivity contribution is 0.133. The molecule has 5 heteroatoms. The van der Waals surface area contributed by atoms with Gasteiger partial charge in [-0.15, -0.1) is 0 Å². The molecule has 0 bridgehead atoms. The van der Waals surface area contributed by atoms with Gasteiger partial charge in [0.1, 0.15) is 0 Å². The third-order valence-electron chi connectivity index (χ3n) is 3.17. The fourth-order valence-electron chi connectivity index (χ4n) is 1.97. The molecule has 22 heavy (non-hydrogen) atoms. The lowest BCUT2D eigenvalue weighted by Crippen LogP contribution is -2.24. The van der Waals surface area contributed by atoms with Crippen LogP contribution < -0.4 is 22.5 Å². The number of nitrogens with one attached hydrogen (secondary N) is 1. The molecule has 5 nitrogen and oxygen atoms in total. The Balaban J connectivity index is 2.25. The predicted octanol–water partition coefficient (Wildman–Crippen LogP) is 1.52. The van der Waals surface area contributed by atoms with Crippen molar-refractivity contribution >= 4 is 5.57 Å². The number of hydrogen-bond donors (Lipinski definition) is 4. The zero-order valence-corrected chi connectivity index (χ0v) is 13.1. The highest BCUT2D eigenvalue weighted by Gasteiger charge is 1.98. The monoisotopic (exact) mass is 304 g/mol. The maximum Gasteiger partial charge on any atom is 0.0967 e. The molecule has 0 aliphatic heterocycles. The van der Waals surface area contributed by atoms with Crippen LogP contribution in [0.25, 0.3) is 5.57 Å². The fourth-order valence-corrected chi connectivity index (χ4v) is 1.97. The van der Waals surface area contributed by atoms with Gasteiger partial charge in [-0.3, -0.25) is 0 Å². The highest BCUT2D eigenvalue weighted by atomic mass is 16.5. The Morgan fingerprint density at radius 2 is 1.86 bits per heavy atom. The van der Waals surface area contributed by atoms with E-state index < -0.39 is 0 Å². The minimum atomic E-state index is 0.576. The summed E-state index contributed by atoms with van der Waals surface area (Å²) in [6.07, 6.45) is 6.61. The molecule has 0 radical (unpaired) electrons. The summed E-state index contributed by atoms with van der Waals surface area (Å²) in [5, 5.41) is 3.12. The molecule has 1 aromatic rings. The van der Waals surface area contributed by atoms with Gasteiger partial charge in [0, 0.05) is 24.9 Å². The molecule has 0 saturated carbocycles. The maximum atomic E-state index is 5.95. The van der Waals surface area contributed by atoms with Crippen molar-refractivity contribution in [2.75, 3.05) is 26.3 Å². The van der Waals surface area contributed by atoms with Crippen LogP contribution in [0, 0.1) is 0 Å². The van der Waals surface area contributed by atoms with E-state index in [4.69, 9.17) is 21.9 Å². The van der Waals surface area contributed by atoms with Crippen LogP contribution in [-0.2, 0) is 4.74 Å². The van der Waals surface area contributed by atoms with Crippen LogP contribution in [0.3, 0.4) is 0 Å². The van der Waals surface area contributed by atoms with Gasteiger partial charge in [-0.25, -0.2) is 0 Å². The average molecular weight is 304 g/mol. The molecule has 122 valence electrons. The van der Waals surface area contributed by atoms with E-state index in [2.05, 4.69) is 5.32 Å². The van der Waals surface area contributed by atoms with E-state index in [-0.39, 0.29) is 0 Å². The molecule has 0 aromatic heterocycles. The van der Waals surface area contributed by atoms with Gasteiger partial charge in [0.05, 0.1) is 12.4 Å². The van der Waals surface area contributed by atoms with Crippen LogP contribution in [0.2, 0.25) is 0 Å². The Bertz CT molecular complexity index is 457. The normalized spacial score (nSPS) is 12.4. The molecule has 7 N–H and O–H groups in total. The second-order valence-corrected chi connectivity index (χ2v) is 4.98. The van der Waals surface area contributed by atoms with Gasteiger partial charge < -0.3 is 27.3 Å². The summed E-state index contributed by atoms with van der Waals surface area (Å²) in [6.45, 7) is 2.82. The molecule has 0 aliphatic carbocycles. The lowest BCUT2D eigenvalue weighted by atomic mass is 10.1. The molecule has 0 amide bonds. The largest absolute Gasteiger partial charge is 0.404 e. The van der Waals surface area contributed by atoms with Crippen molar-refractivity contribution in [3.05, 3.63) is 54.0 Å². The summed E-state index contributed by atoms with van der Waals surface area (Å²) >= 11 is 0. The molecule has 1 aromatic carbocycles. The fraction of sp³-hybridized carbons (Fsp3) is 0.412. The summed E-state index contributed by atoms with van der Waals surface area (Å²) < 4.78 is 5.52. The lowest BCUT2D eigenvalue weighted by Gasteiger charge is -2.09. The van der Waals surface area contributed by atoms with Crippen LogP contribution in [-0.4, -0.2) is 26.3 Å². The van der Waals surface area contributed by atoms with Crippen LogP contribution >= 0.6 is 0 Å². The van der Waals surface area contributed by atoms with Crippen molar-refractivity contribution < 1.29 is 4.74 Å². The first kappa shape index (κ1) is 18.1. The standard InChI is InChI=1S/C17H28N4O/c18-9-5-2-6-11-22-12-10-21-17(20)13-16(14-19)15-7-3-1-4-8-15/h1,3-4,7-8,13-14,21H,2,5-6,9-12,18-20H2/b16-14+,17-13+. The molecule has 0 unspecified atom stereocenters. The molecule has 0 atom stereocenters. The van der Waals surface area contributed by atoms with Crippen molar-refractivity contribution in [2.45, 2.75) is 19.3 Å². The van der Waals surface area contributed by atoms with Gasteiger partial charge in [-0.05, 0) is 37.4 Å². The van der Waals surface area contributed by atoms with Crippen molar-refractivity contribution in [3.63, 3.8) is 0 Å². The van der Waals surface area contributed by atoms with Crippen molar-refractivity contribution in [2.24, 2.45) is 17.2 Å². The van der Waals surface area contributed by atoms with Crippen molar-refractivity contribution in [3.8, 4) is 0 Å². The van der Waals surface area contributed by atoms with E-state index in [0.29, 0.717) is 19.0 Å². The summed E-state index contributed by atoms with van der Waals surface area (Å²) in [6, 6.07) is 9.89. The molecule has 0 aliphatic rings. The van der Waals surface area contributed by atoms with Crippen LogP contribution in [0.15, 0.2) is 48.4 Å². The van der Waals surface area contributed by atoms with Crippen LogP contribution in [0.4, 0.5) is 0 Å². The first-order chi connectivity index (χ1) is 10.8. The van der Waals surface area contributed by atoms with E-state index in [1.807, 2.05) is 36.4 Å². The second-order valence-electron chi connectivity index (χ2n) is 4.98. The minimum absolute atomic E-state index is 0.576. The molecular formula is C17H28N4O. The third-order valence-corrected chi connectivity index (χ3v) is 3.17. The quantitative estimate of drug-likeness (QED) is 0.367. The highest BCUT2D eigenvalue weighted by Crippen LogP contribution is 2.14. The van der Waals surface area contributed by atoms with Gasteiger partial charge in [0.2, 0.25) is 0 Å². The van der Waals surface area contributed by atoms with E-state index in [1.165, 1.54) is 0 Å². The number of allylic oxidation sites excluding steroid dienone is 2. The molecular weight excluding hydrogens is 276 g/mol. The highest BCUT2D eigenvalue weighted by molar-refractivity contribution is 5.73. The number of ether oxygens (including phenoxy) is 1. The molecule has 0 fully saturated rings. The number of unbranched alkanes of at least 4 members (excludes halogenated alkanes) is 2. The summed E-state index contributed by atoms with van der Waals surface area (Å²) in [5.41, 5.74) is 19.0. The SMILES string of the molecule is N/C=C(\C=C(/N)NCCOCCCCCN)c1ccccc1. The molecule has 0 heterocycles. The summed E-state index contributed by atoms with van der Waals surface area (Å²) in [7, 11) is 0. The Labute approximate surface area is 133 Å². The first-order valence-electron chi connectivity index (χ1n) is 7.74. The smallest absolute Gasteiger partial charge is 0.0967 e. The molecule has 0 saturated heterocycles. The Kier molecular flexibility index (Phi) is 9.57. The molecule has 0 spiro atoms. The van der Waals surface area contributed by atoms with E-state index in [9.17, 15) is 0 Å². The number of nitrogens with two attached hydrogens (primary N) is 3. The molecule has 1 rings (SSSR count). The van der Waals surface area contributed by atoms with Gasteiger partial charge in [0.25, 0.3) is 0 Å². The number of rotatable bonds is 11. The van der Waals surface area contributed by atoms with E-state index in [1.54, 1.807) is 6.20 Å². The van der Waals surface area contributed by atoms with Gasteiger partial charge in [-0.2, -0.15) is 0 Å². The van der Waals surface area contributed by atoms with Gasteiger partial charge in [0.15, 0.2) is 0 Å².